The van der Waals surface area contributed by atoms with Gasteiger partial charge < -0.3 is 42.4 Å². The van der Waals surface area contributed by atoms with Crippen LogP contribution in [0.4, 0.5) is 11.6 Å². The molecule has 0 aliphatic carbocycles. The third-order valence-corrected chi connectivity index (χ3v) is 6.40. The first-order valence-corrected chi connectivity index (χ1v) is 13.1. The number of likely N-dealkylation sites (tertiary alicyclic amines) is 1. The maximum absolute atomic E-state index is 12.7. The van der Waals surface area contributed by atoms with Gasteiger partial charge in [0.25, 0.3) is 5.91 Å². The van der Waals surface area contributed by atoms with Gasteiger partial charge in [0.15, 0.2) is 28.4 Å². The first-order chi connectivity index (χ1) is 19.6. The van der Waals surface area contributed by atoms with E-state index in [0.717, 1.165) is 5.56 Å². The molecule has 0 radical (unpaired) electrons. The second kappa shape index (κ2) is 15.1. The smallest absolute Gasteiger partial charge is 0.337 e. The van der Waals surface area contributed by atoms with E-state index in [-0.39, 0.29) is 72.3 Å². The number of hydrogen-bond donors (Lipinski definition) is 6. The number of methoxy groups -OCH3 is 1. The lowest BCUT2D eigenvalue weighted by molar-refractivity contribution is 0.0600. The van der Waals surface area contributed by atoms with Crippen molar-refractivity contribution in [3.8, 4) is 0 Å². The van der Waals surface area contributed by atoms with E-state index in [2.05, 4.69) is 30.5 Å². The number of nitrogen functional groups attached to an aromatic ring is 2. The zero-order valence-electron chi connectivity index (χ0n) is 22.6. The van der Waals surface area contributed by atoms with Gasteiger partial charge in [-0.15, -0.1) is 0 Å². The largest absolute Gasteiger partial charge is 0.465 e. The number of aliphatic hydroxyl groups excluding tert-OH is 1. The van der Waals surface area contributed by atoms with Crippen LogP contribution in [0.5, 0.6) is 0 Å². The van der Waals surface area contributed by atoms with Crippen molar-refractivity contribution >= 4 is 47.0 Å². The van der Waals surface area contributed by atoms with Crippen molar-refractivity contribution in [1.82, 2.24) is 25.5 Å². The number of halogens is 1. The predicted molar refractivity (Wildman–Crippen MR) is 151 cm³/mol. The number of rotatable bonds is 11. The van der Waals surface area contributed by atoms with Gasteiger partial charge in [-0.25, -0.2) is 14.8 Å². The van der Waals surface area contributed by atoms with Crippen LogP contribution < -0.4 is 27.8 Å². The van der Waals surface area contributed by atoms with Gasteiger partial charge in [0.2, 0.25) is 0 Å². The Morgan fingerprint density at radius 2 is 1.83 bits per heavy atom. The Labute approximate surface area is 241 Å². The van der Waals surface area contributed by atoms with Crippen LogP contribution in [0.25, 0.3) is 0 Å². The summed E-state index contributed by atoms with van der Waals surface area (Å²) < 4.78 is 10.0. The average molecular weight is 592 g/mol. The van der Waals surface area contributed by atoms with Crippen molar-refractivity contribution in [2.24, 2.45) is 10.7 Å². The molecule has 9 N–H and O–H groups in total. The van der Waals surface area contributed by atoms with Crippen LogP contribution in [0.1, 0.15) is 49.6 Å². The first kappa shape index (κ1) is 31.5. The second-order valence-corrected chi connectivity index (χ2v) is 9.49. The van der Waals surface area contributed by atoms with E-state index in [9.17, 15) is 14.4 Å². The normalized spacial score (nSPS) is 14.5. The average Bonchev–Trinajstić information content (AvgIpc) is 2.95. The number of guanidine groups is 1. The number of aliphatic hydroxyl groups is 1. The summed E-state index contributed by atoms with van der Waals surface area (Å²) >= 11 is 5.82. The number of nitrogens with one attached hydrogen (secondary N) is 2. The molecule has 41 heavy (non-hydrogen) atoms. The number of amides is 2. The molecule has 15 nitrogen and oxygen atoms in total. The summed E-state index contributed by atoms with van der Waals surface area (Å²) in [6.07, 6.45) is 1.38. The summed E-state index contributed by atoms with van der Waals surface area (Å²) in [5.74, 6) is -2.10. The third-order valence-electron chi connectivity index (χ3n) is 6.12. The molecule has 0 atom stereocenters. The van der Waals surface area contributed by atoms with Crippen LogP contribution >= 0.6 is 11.6 Å². The molecule has 1 saturated heterocycles. The van der Waals surface area contributed by atoms with Gasteiger partial charge in [-0.05, 0) is 36.6 Å². The number of benzene rings is 1. The predicted octanol–water partition coefficient (Wildman–Crippen LogP) is -0.471. The summed E-state index contributed by atoms with van der Waals surface area (Å²) in [6.45, 7) is 2.44. The van der Waals surface area contributed by atoms with Crippen LogP contribution in [0.2, 0.25) is 5.15 Å². The Kier molecular flexibility index (Phi) is 11.6. The summed E-state index contributed by atoms with van der Waals surface area (Å²) in [7, 11) is 1.28. The van der Waals surface area contributed by atoms with Gasteiger partial charge in [-0.1, -0.05) is 11.6 Å². The molecule has 1 aliphatic rings. The molecule has 0 unspecified atom stereocenters. The second-order valence-electron chi connectivity index (χ2n) is 9.13. The highest BCUT2D eigenvalue weighted by Gasteiger charge is 2.22. The molecular formula is C25H34ClN9O6. The minimum absolute atomic E-state index is 0.0444. The van der Waals surface area contributed by atoms with Gasteiger partial charge in [-0.3, -0.25) is 14.5 Å². The van der Waals surface area contributed by atoms with E-state index in [1.165, 1.54) is 13.2 Å². The Morgan fingerprint density at radius 1 is 1.12 bits per heavy atom. The summed E-state index contributed by atoms with van der Waals surface area (Å²) in [5, 5.41) is 14.4. The number of piperidine rings is 1. The van der Waals surface area contributed by atoms with Crippen LogP contribution in [0, 0.1) is 0 Å². The van der Waals surface area contributed by atoms with Crippen molar-refractivity contribution < 1.29 is 29.0 Å². The summed E-state index contributed by atoms with van der Waals surface area (Å²) in [4.78, 5) is 50.9. The molecule has 1 aromatic carbocycles. The molecule has 0 saturated carbocycles. The van der Waals surface area contributed by atoms with Gasteiger partial charge in [-0.2, -0.15) is 4.99 Å². The fraction of sp³-hybridized carbons (Fsp3) is 0.440. The van der Waals surface area contributed by atoms with Crippen molar-refractivity contribution in [3.63, 3.8) is 0 Å². The third kappa shape index (κ3) is 9.24. The number of ether oxygens (including phenoxy) is 2. The van der Waals surface area contributed by atoms with Gasteiger partial charge in [0.1, 0.15) is 0 Å². The Morgan fingerprint density at radius 3 is 2.51 bits per heavy atom. The molecular weight excluding hydrogens is 558 g/mol. The van der Waals surface area contributed by atoms with Crippen molar-refractivity contribution in [1.29, 1.82) is 0 Å². The standard InChI is InChI=1S/C25H34ClN9O6/c1-40-24(39)16-11-14(10-15(12-16)22(37)30-4-8-41-9-7-36)13-35-5-2-17(3-6-35)31-25(29)34-23(38)18-20(27)33-21(28)19(26)32-18/h10-12,17,36H,2-9,13H2,1H3,(H,30,37)(H4,27,28,33)(H3,29,31,34,38). The van der Waals surface area contributed by atoms with Crippen molar-refractivity contribution in [3.05, 3.63) is 45.7 Å². The van der Waals surface area contributed by atoms with Crippen molar-refractivity contribution in [2.45, 2.75) is 25.4 Å². The van der Waals surface area contributed by atoms with Crippen LogP contribution in [-0.4, -0.2) is 96.3 Å². The topological polar surface area (TPSA) is 233 Å². The molecule has 3 rings (SSSR count). The fourth-order valence-corrected chi connectivity index (χ4v) is 4.28. The highest BCUT2D eigenvalue weighted by Crippen LogP contribution is 2.19. The maximum Gasteiger partial charge on any atom is 0.337 e. The number of carbonyl (C=O) groups is 3. The van der Waals surface area contributed by atoms with E-state index < -0.39 is 11.9 Å². The Balaban J connectivity index is 1.58. The molecule has 16 heteroatoms. The van der Waals surface area contributed by atoms with Crippen LogP contribution in [0.15, 0.2) is 23.2 Å². The lowest BCUT2D eigenvalue weighted by Crippen LogP contribution is -2.47. The summed E-state index contributed by atoms with van der Waals surface area (Å²) in [5.41, 5.74) is 18.3. The minimum atomic E-state index is -0.803. The van der Waals surface area contributed by atoms with Crippen molar-refractivity contribution in [2.75, 3.05) is 58.0 Å². The molecule has 0 bridgehead atoms. The number of hydrogen-bond acceptors (Lipinski definition) is 11. The van der Waals surface area contributed by atoms with E-state index in [0.29, 0.717) is 38.0 Å². The van der Waals surface area contributed by atoms with Crippen LogP contribution in [-0.2, 0) is 16.0 Å². The van der Waals surface area contributed by atoms with E-state index in [1.54, 1.807) is 12.1 Å². The molecule has 222 valence electrons. The molecule has 1 aliphatic heterocycles. The fourth-order valence-electron chi connectivity index (χ4n) is 4.15. The molecule has 1 fully saturated rings. The molecule has 1 aromatic heterocycles. The van der Waals surface area contributed by atoms with Gasteiger partial charge >= 0.3 is 11.9 Å². The van der Waals surface area contributed by atoms with E-state index in [1.807, 2.05) is 0 Å². The van der Waals surface area contributed by atoms with Gasteiger partial charge in [0, 0.05) is 37.8 Å². The van der Waals surface area contributed by atoms with E-state index in [4.69, 9.17) is 43.4 Å². The maximum atomic E-state index is 12.7. The number of esters is 1. The lowest BCUT2D eigenvalue weighted by Gasteiger charge is -2.32. The molecule has 2 aromatic rings. The first-order valence-electron chi connectivity index (χ1n) is 12.8. The number of nitrogens with two attached hydrogens (primary N) is 3. The molecule has 2 heterocycles. The van der Waals surface area contributed by atoms with Crippen LogP contribution in [0.3, 0.4) is 0 Å². The number of anilines is 2. The minimum Gasteiger partial charge on any atom is -0.465 e. The zero-order chi connectivity index (χ0) is 29.9. The molecule has 2 amide bonds. The molecule has 0 spiro atoms. The Bertz CT molecular complexity index is 1280. The monoisotopic (exact) mass is 591 g/mol. The number of aromatic nitrogens is 2. The highest BCUT2D eigenvalue weighted by molar-refractivity contribution is 6.31. The quantitative estimate of drug-likeness (QED) is 0.0840. The van der Waals surface area contributed by atoms with Gasteiger partial charge in [0.05, 0.1) is 32.5 Å². The number of nitrogens with zero attached hydrogens (tertiary/aromatic N) is 4. The highest BCUT2D eigenvalue weighted by atomic mass is 35.5. The zero-order valence-corrected chi connectivity index (χ0v) is 23.3. The number of carbonyl (C=O) groups excluding carboxylic acids is 3. The lowest BCUT2D eigenvalue weighted by atomic mass is 10.0. The summed E-state index contributed by atoms with van der Waals surface area (Å²) in [6, 6.07) is 4.87. The number of aliphatic imine (C=N–C) groups is 1. The Hall–Kier alpha value is -4.05. The SMILES string of the molecule is COC(=O)c1cc(CN2CCC(N/C(N)=N/C(=O)c3nc(Cl)c(N)nc3N)CC2)cc(C(=O)NCCOCCO)c1. The van der Waals surface area contributed by atoms with E-state index >= 15 is 0 Å².